The molecule has 3 unspecified atom stereocenters. The van der Waals surface area contributed by atoms with Crippen LogP contribution in [0.25, 0.3) is 0 Å². The quantitative estimate of drug-likeness (QED) is 0.135. The first-order valence-electron chi connectivity index (χ1n) is 13.5. The summed E-state index contributed by atoms with van der Waals surface area (Å²) >= 11 is 0. The van der Waals surface area contributed by atoms with Gasteiger partial charge in [0.1, 0.15) is 6.61 Å². The monoisotopic (exact) mass is 514 g/mol. The van der Waals surface area contributed by atoms with E-state index in [4.69, 9.17) is 28.4 Å². The van der Waals surface area contributed by atoms with Crippen LogP contribution in [0.5, 0.6) is 0 Å². The van der Waals surface area contributed by atoms with Crippen LogP contribution in [0.4, 0.5) is 0 Å². The van der Waals surface area contributed by atoms with Crippen molar-refractivity contribution in [3.63, 3.8) is 0 Å². The Bertz CT molecular complexity index is 566. The zero-order chi connectivity index (χ0) is 26.9. The highest BCUT2D eigenvalue weighted by molar-refractivity contribution is 5.81. The summed E-state index contributed by atoms with van der Waals surface area (Å²) in [6, 6.07) is 0. The maximum absolute atomic E-state index is 11.0. The Morgan fingerprint density at radius 2 is 1.36 bits per heavy atom. The van der Waals surface area contributed by atoms with Gasteiger partial charge in [0, 0.05) is 18.8 Å². The molecule has 1 rings (SSSR count). The molecule has 0 bridgehead atoms. The van der Waals surface area contributed by atoms with Gasteiger partial charge in [-0.1, -0.05) is 77.9 Å². The van der Waals surface area contributed by atoms with E-state index in [9.17, 15) is 9.59 Å². The fourth-order valence-corrected chi connectivity index (χ4v) is 3.47. The van der Waals surface area contributed by atoms with Crippen LogP contribution >= 0.6 is 0 Å². The predicted octanol–water partition coefficient (Wildman–Crippen LogP) is 5.88. The highest BCUT2D eigenvalue weighted by atomic mass is 16.7. The van der Waals surface area contributed by atoms with E-state index < -0.39 is 18.5 Å². The summed E-state index contributed by atoms with van der Waals surface area (Å²) in [5.74, 6) is -0.847. The molecule has 3 atom stereocenters. The molecule has 0 radical (unpaired) electrons. The predicted molar refractivity (Wildman–Crippen MR) is 140 cm³/mol. The van der Waals surface area contributed by atoms with Crippen molar-refractivity contribution < 1.29 is 38.0 Å². The van der Waals surface area contributed by atoms with Crippen molar-refractivity contribution in [3.8, 4) is 0 Å². The smallest absolute Gasteiger partial charge is 0.332 e. The summed E-state index contributed by atoms with van der Waals surface area (Å²) in [5, 5.41) is 0. The molecule has 1 aliphatic heterocycles. The Morgan fingerprint density at radius 1 is 0.833 bits per heavy atom. The first-order chi connectivity index (χ1) is 17.5. The minimum atomic E-state index is -0.732. The van der Waals surface area contributed by atoms with Crippen molar-refractivity contribution in [2.45, 2.75) is 110 Å². The molecule has 36 heavy (non-hydrogen) atoms. The van der Waals surface area contributed by atoms with E-state index in [1.807, 2.05) is 13.8 Å². The SMILES string of the molecule is C=CC(=O)OC(C)CCCCCCCCCCCC.C=CC(=O)OC1COCC(OCC)OCCO1. The zero-order valence-corrected chi connectivity index (χ0v) is 22.9. The Balaban J connectivity index is 0.000000684. The van der Waals surface area contributed by atoms with Crippen molar-refractivity contribution in [1.82, 2.24) is 0 Å². The van der Waals surface area contributed by atoms with E-state index in [1.54, 1.807) is 0 Å². The van der Waals surface area contributed by atoms with E-state index in [1.165, 1.54) is 63.9 Å². The number of ether oxygens (including phenoxy) is 6. The molecular weight excluding hydrogens is 464 g/mol. The fourth-order valence-electron chi connectivity index (χ4n) is 3.47. The third kappa shape index (κ3) is 21.5. The number of esters is 2. The molecule has 0 saturated carbocycles. The van der Waals surface area contributed by atoms with Gasteiger partial charge in [0.2, 0.25) is 6.29 Å². The average Bonchev–Trinajstić information content (AvgIpc) is 2.98. The van der Waals surface area contributed by atoms with Crippen molar-refractivity contribution in [2.75, 3.05) is 33.0 Å². The van der Waals surface area contributed by atoms with Crippen molar-refractivity contribution in [2.24, 2.45) is 0 Å². The van der Waals surface area contributed by atoms with E-state index in [2.05, 4.69) is 20.1 Å². The number of carbonyl (C=O) groups is 2. The molecule has 0 aromatic rings. The topological polar surface area (TPSA) is 89.5 Å². The number of hydrogen-bond acceptors (Lipinski definition) is 8. The normalized spacial score (nSPS) is 18.9. The molecular formula is C28H50O8. The Hall–Kier alpha value is -1.74. The summed E-state index contributed by atoms with van der Waals surface area (Å²) in [6.45, 7) is 14.4. The molecule has 0 aromatic heterocycles. The van der Waals surface area contributed by atoms with E-state index in [-0.39, 0.29) is 25.3 Å². The number of hydrogen-bond donors (Lipinski definition) is 0. The third-order valence-electron chi connectivity index (χ3n) is 5.41. The molecule has 1 fully saturated rings. The molecule has 0 N–H and O–H groups in total. The molecule has 1 heterocycles. The van der Waals surface area contributed by atoms with Crippen molar-refractivity contribution in [3.05, 3.63) is 25.3 Å². The number of carbonyl (C=O) groups excluding carboxylic acids is 2. The second-order valence-electron chi connectivity index (χ2n) is 8.66. The maximum Gasteiger partial charge on any atom is 0.332 e. The maximum atomic E-state index is 11.0. The Labute approximate surface area is 218 Å². The summed E-state index contributed by atoms with van der Waals surface area (Å²) < 4.78 is 31.2. The van der Waals surface area contributed by atoms with Gasteiger partial charge in [-0.05, 0) is 26.7 Å². The van der Waals surface area contributed by atoms with Gasteiger partial charge in [-0.3, -0.25) is 0 Å². The average molecular weight is 515 g/mol. The molecule has 1 saturated heterocycles. The molecule has 1 aliphatic rings. The van der Waals surface area contributed by atoms with Crippen LogP contribution in [0.15, 0.2) is 25.3 Å². The molecule has 8 nitrogen and oxygen atoms in total. The van der Waals surface area contributed by atoms with E-state index in [0.717, 1.165) is 18.9 Å². The largest absolute Gasteiger partial charge is 0.460 e. The number of unbranched alkanes of at least 4 members (excludes halogenated alkanes) is 9. The van der Waals surface area contributed by atoms with Crippen LogP contribution < -0.4 is 0 Å². The third-order valence-corrected chi connectivity index (χ3v) is 5.41. The van der Waals surface area contributed by atoms with Crippen LogP contribution in [0.2, 0.25) is 0 Å². The lowest BCUT2D eigenvalue weighted by molar-refractivity contribution is -0.185. The Morgan fingerprint density at radius 3 is 1.92 bits per heavy atom. The lowest BCUT2D eigenvalue weighted by atomic mass is 10.0. The zero-order valence-electron chi connectivity index (χ0n) is 22.9. The summed E-state index contributed by atoms with van der Waals surface area (Å²) in [6.07, 6.45) is 15.6. The molecule has 0 spiro atoms. The Kier molecular flexibility index (Phi) is 23.7. The van der Waals surface area contributed by atoms with Crippen LogP contribution in [0.3, 0.4) is 0 Å². The van der Waals surface area contributed by atoms with Gasteiger partial charge in [0.25, 0.3) is 0 Å². The molecule has 0 amide bonds. The minimum Gasteiger partial charge on any atom is -0.460 e. The van der Waals surface area contributed by atoms with Crippen LogP contribution in [0, 0.1) is 0 Å². The number of rotatable bonds is 17. The van der Waals surface area contributed by atoms with Crippen molar-refractivity contribution >= 4 is 11.9 Å². The second-order valence-corrected chi connectivity index (χ2v) is 8.66. The first-order valence-corrected chi connectivity index (χ1v) is 13.5. The lowest BCUT2D eigenvalue weighted by Crippen LogP contribution is -2.27. The van der Waals surface area contributed by atoms with Gasteiger partial charge in [-0.15, -0.1) is 0 Å². The van der Waals surface area contributed by atoms with Crippen LogP contribution in [0.1, 0.15) is 91.4 Å². The van der Waals surface area contributed by atoms with E-state index in [0.29, 0.717) is 19.8 Å². The summed E-state index contributed by atoms with van der Waals surface area (Å²) in [4.78, 5) is 22.0. The van der Waals surface area contributed by atoms with E-state index >= 15 is 0 Å². The highest BCUT2D eigenvalue weighted by Crippen LogP contribution is 2.13. The van der Waals surface area contributed by atoms with Gasteiger partial charge in [-0.25, -0.2) is 9.59 Å². The molecule has 0 aliphatic carbocycles. The standard InChI is InChI=1S/C17H32O2.C11H18O6/c1-4-6-7-8-9-10-11-12-13-14-15-16(3)19-17(18)5-2;1-3-9(12)17-11-8-13-7-10(14-4-2)15-5-6-16-11/h5,16H,2,4,6-15H2,1,3H3;3,10-11H,1,4-8H2,2H3. The summed E-state index contributed by atoms with van der Waals surface area (Å²) in [7, 11) is 0. The molecule has 8 heteroatoms. The second kappa shape index (κ2) is 24.9. The van der Waals surface area contributed by atoms with Gasteiger partial charge in [0.05, 0.1) is 25.9 Å². The van der Waals surface area contributed by atoms with Crippen LogP contribution in [-0.4, -0.2) is 63.7 Å². The van der Waals surface area contributed by atoms with Crippen LogP contribution in [-0.2, 0) is 38.0 Å². The molecule has 0 aromatic carbocycles. The van der Waals surface area contributed by atoms with Gasteiger partial charge < -0.3 is 28.4 Å². The lowest BCUT2D eigenvalue weighted by Gasteiger charge is -2.16. The van der Waals surface area contributed by atoms with Gasteiger partial charge >= 0.3 is 11.9 Å². The first kappa shape index (κ1) is 34.3. The van der Waals surface area contributed by atoms with Crippen molar-refractivity contribution in [1.29, 1.82) is 0 Å². The highest BCUT2D eigenvalue weighted by Gasteiger charge is 2.18. The van der Waals surface area contributed by atoms with Gasteiger partial charge in [-0.2, -0.15) is 0 Å². The minimum absolute atomic E-state index is 0.0274. The fraction of sp³-hybridized carbons (Fsp3) is 0.786. The summed E-state index contributed by atoms with van der Waals surface area (Å²) in [5.41, 5.74) is 0. The van der Waals surface area contributed by atoms with Gasteiger partial charge in [0.15, 0.2) is 6.29 Å². The molecule has 210 valence electrons.